The fourth-order valence-electron chi connectivity index (χ4n) is 3.94. The highest BCUT2D eigenvalue weighted by Crippen LogP contribution is 2.41. The zero-order chi connectivity index (χ0) is 21.0. The summed E-state index contributed by atoms with van der Waals surface area (Å²) in [6, 6.07) is 12.5. The van der Waals surface area contributed by atoms with E-state index in [0.29, 0.717) is 10.9 Å². The summed E-state index contributed by atoms with van der Waals surface area (Å²) in [5, 5.41) is 19.5. The number of fused-ring (bicyclic) bond motifs is 2. The van der Waals surface area contributed by atoms with E-state index >= 15 is 0 Å². The summed E-state index contributed by atoms with van der Waals surface area (Å²) in [6.07, 6.45) is 0.208. The average Bonchev–Trinajstić information content (AvgIpc) is 3.28. The number of aryl methyl sites for hydroxylation is 2. The number of hydrogen-bond acceptors (Lipinski definition) is 6. The Morgan fingerprint density at radius 1 is 1.23 bits per heavy atom. The smallest absolute Gasteiger partial charge is 0.269 e. The number of amides is 1. The summed E-state index contributed by atoms with van der Waals surface area (Å²) in [4.78, 5) is 28.0. The van der Waals surface area contributed by atoms with Crippen molar-refractivity contribution in [1.82, 2.24) is 14.8 Å². The van der Waals surface area contributed by atoms with Crippen molar-refractivity contribution >= 4 is 39.0 Å². The average molecular weight is 419 g/mol. The largest absolute Gasteiger partial charge is 0.310 e. The third-order valence-electron chi connectivity index (χ3n) is 5.30. The molecule has 5 rings (SSSR count). The van der Waals surface area contributed by atoms with Crippen LogP contribution in [0.4, 0.5) is 11.5 Å². The summed E-state index contributed by atoms with van der Waals surface area (Å²) in [7, 11) is 0. The molecule has 3 heterocycles. The lowest BCUT2D eigenvalue weighted by Crippen LogP contribution is -2.25. The number of nitrogens with zero attached hydrogens (tertiary/aromatic N) is 4. The summed E-state index contributed by atoms with van der Waals surface area (Å²) in [6.45, 7) is 3.91. The number of thiazole rings is 1. The van der Waals surface area contributed by atoms with Gasteiger partial charge in [-0.2, -0.15) is 9.78 Å². The van der Waals surface area contributed by atoms with Crippen LogP contribution < -0.4 is 5.32 Å². The standard InChI is InChI=1S/C21H17N5O3S/c1-11-6-7-16-17(8-11)30-21(22-16)25-20-19(12(2)24-25)15(10-18(27)23-20)13-4-3-5-14(9-13)26(28)29/h3-9,15H,10H2,1-2H3,(H,23,27). The van der Waals surface area contributed by atoms with Gasteiger partial charge in [0.05, 0.1) is 20.8 Å². The maximum Gasteiger partial charge on any atom is 0.269 e. The maximum absolute atomic E-state index is 12.5. The van der Waals surface area contributed by atoms with Crippen molar-refractivity contribution in [3.63, 3.8) is 0 Å². The number of nitro groups is 1. The first kappa shape index (κ1) is 18.4. The lowest BCUT2D eigenvalue weighted by atomic mass is 9.85. The van der Waals surface area contributed by atoms with Gasteiger partial charge >= 0.3 is 0 Å². The van der Waals surface area contributed by atoms with Gasteiger partial charge in [0.15, 0.2) is 0 Å². The van der Waals surface area contributed by atoms with Crippen LogP contribution in [-0.2, 0) is 4.79 Å². The SMILES string of the molecule is Cc1ccc2nc(-n3nc(C)c4c3NC(=O)CC4c3cccc([N+](=O)[O-])c3)sc2c1. The van der Waals surface area contributed by atoms with Crippen LogP contribution in [0.5, 0.6) is 0 Å². The number of carbonyl (C=O) groups excluding carboxylic acids is 1. The fraction of sp³-hybridized carbons (Fsp3) is 0.190. The van der Waals surface area contributed by atoms with Gasteiger partial charge in [0.2, 0.25) is 11.0 Å². The van der Waals surface area contributed by atoms with Crippen molar-refractivity contribution in [2.24, 2.45) is 0 Å². The van der Waals surface area contributed by atoms with Crippen LogP contribution in [0.25, 0.3) is 15.3 Å². The van der Waals surface area contributed by atoms with E-state index in [1.165, 1.54) is 23.5 Å². The summed E-state index contributed by atoms with van der Waals surface area (Å²) < 4.78 is 2.72. The molecule has 0 aliphatic carbocycles. The topological polar surface area (TPSA) is 103 Å². The summed E-state index contributed by atoms with van der Waals surface area (Å²) in [5.74, 6) is 0.118. The van der Waals surface area contributed by atoms with Gasteiger partial charge in [0.1, 0.15) is 5.82 Å². The van der Waals surface area contributed by atoms with Crippen LogP contribution in [-0.4, -0.2) is 25.6 Å². The molecule has 30 heavy (non-hydrogen) atoms. The molecule has 0 spiro atoms. The number of aromatic nitrogens is 3. The lowest BCUT2D eigenvalue weighted by molar-refractivity contribution is -0.384. The van der Waals surface area contributed by atoms with Crippen LogP contribution in [0.1, 0.15) is 34.7 Å². The minimum absolute atomic E-state index is 0.00613. The number of nitrogens with one attached hydrogen (secondary N) is 1. The van der Waals surface area contributed by atoms with E-state index in [4.69, 9.17) is 0 Å². The number of benzene rings is 2. The van der Waals surface area contributed by atoms with E-state index in [-0.39, 0.29) is 23.9 Å². The van der Waals surface area contributed by atoms with Gasteiger partial charge in [-0.1, -0.05) is 29.5 Å². The molecule has 0 saturated carbocycles. The molecule has 2 aromatic carbocycles. The molecule has 150 valence electrons. The van der Waals surface area contributed by atoms with Gasteiger partial charge in [0, 0.05) is 30.0 Å². The van der Waals surface area contributed by atoms with Crippen molar-refractivity contribution < 1.29 is 9.72 Å². The number of nitro benzene ring substituents is 1. The number of hydrogen-bond donors (Lipinski definition) is 1. The molecule has 1 N–H and O–H groups in total. The van der Waals surface area contributed by atoms with Crippen molar-refractivity contribution in [2.45, 2.75) is 26.2 Å². The highest BCUT2D eigenvalue weighted by Gasteiger charge is 2.33. The molecule has 0 bridgehead atoms. The van der Waals surface area contributed by atoms with Crippen LogP contribution in [0, 0.1) is 24.0 Å². The number of non-ortho nitro benzene ring substituents is 1. The predicted octanol–water partition coefficient (Wildman–Crippen LogP) is 4.48. The van der Waals surface area contributed by atoms with Crippen LogP contribution >= 0.6 is 11.3 Å². The van der Waals surface area contributed by atoms with Gasteiger partial charge in [0.25, 0.3) is 5.69 Å². The van der Waals surface area contributed by atoms with Gasteiger partial charge < -0.3 is 5.32 Å². The van der Waals surface area contributed by atoms with E-state index in [2.05, 4.69) is 21.5 Å². The molecule has 1 aliphatic heterocycles. The third kappa shape index (κ3) is 2.94. The van der Waals surface area contributed by atoms with E-state index in [0.717, 1.165) is 32.6 Å². The summed E-state index contributed by atoms with van der Waals surface area (Å²) >= 11 is 1.50. The van der Waals surface area contributed by atoms with Crippen molar-refractivity contribution in [3.8, 4) is 5.13 Å². The molecule has 0 radical (unpaired) electrons. The second-order valence-electron chi connectivity index (χ2n) is 7.38. The van der Waals surface area contributed by atoms with Crippen LogP contribution in [0.3, 0.4) is 0 Å². The Labute approximate surface area is 175 Å². The van der Waals surface area contributed by atoms with Gasteiger partial charge in [-0.25, -0.2) is 4.98 Å². The maximum atomic E-state index is 12.5. The third-order valence-corrected chi connectivity index (χ3v) is 6.29. The first-order chi connectivity index (χ1) is 14.4. The van der Waals surface area contributed by atoms with Crippen LogP contribution in [0.2, 0.25) is 0 Å². The molecular weight excluding hydrogens is 402 g/mol. The predicted molar refractivity (Wildman–Crippen MR) is 114 cm³/mol. The fourth-order valence-corrected chi connectivity index (χ4v) is 4.96. The minimum atomic E-state index is -0.424. The number of rotatable bonds is 3. The minimum Gasteiger partial charge on any atom is -0.310 e. The Kier molecular flexibility index (Phi) is 4.14. The second-order valence-corrected chi connectivity index (χ2v) is 8.39. The molecule has 1 aliphatic rings. The Bertz CT molecular complexity index is 1340. The Hall–Kier alpha value is -3.59. The van der Waals surface area contributed by atoms with Gasteiger partial charge in [-0.3, -0.25) is 14.9 Å². The zero-order valence-corrected chi connectivity index (χ0v) is 17.1. The Balaban J connectivity index is 1.66. The second kappa shape index (κ2) is 6.74. The number of carbonyl (C=O) groups is 1. The summed E-state index contributed by atoms with van der Waals surface area (Å²) in [5.41, 5.74) is 4.38. The molecule has 1 unspecified atom stereocenters. The quantitative estimate of drug-likeness (QED) is 0.389. The van der Waals surface area contributed by atoms with Gasteiger partial charge in [-0.05, 0) is 37.1 Å². The molecule has 0 fully saturated rings. The Morgan fingerprint density at radius 2 is 2.07 bits per heavy atom. The molecule has 1 atom stereocenters. The first-order valence-electron chi connectivity index (χ1n) is 9.42. The lowest BCUT2D eigenvalue weighted by Gasteiger charge is -2.24. The highest BCUT2D eigenvalue weighted by atomic mass is 32.1. The monoisotopic (exact) mass is 419 g/mol. The Morgan fingerprint density at radius 3 is 2.87 bits per heavy atom. The van der Waals surface area contributed by atoms with Crippen molar-refractivity contribution in [3.05, 3.63) is 75.0 Å². The van der Waals surface area contributed by atoms with E-state index in [1.807, 2.05) is 32.0 Å². The van der Waals surface area contributed by atoms with E-state index < -0.39 is 4.92 Å². The molecule has 0 saturated heterocycles. The van der Waals surface area contributed by atoms with Gasteiger partial charge in [-0.15, -0.1) is 0 Å². The zero-order valence-electron chi connectivity index (χ0n) is 16.2. The number of anilines is 1. The van der Waals surface area contributed by atoms with E-state index in [1.54, 1.807) is 10.7 Å². The molecule has 4 aromatic rings. The molecule has 8 nitrogen and oxygen atoms in total. The first-order valence-corrected chi connectivity index (χ1v) is 10.2. The molecule has 2 aromatic heterocycles. The molecule has 9 heteroatoms. The van der Waals surface area contributed by atoms with Crippen molar-refractivity contribution in [2.75, 3.05) is 5.32 Å². The van der Waals surface area contributed by atoms with Crippen molar-refractivity contribution in [1.29, 1.82) is 0 Å². The normalized spacial score (nSPS) is 15.8. The molecular formula is C21H17N5O3S. The molecule has 1 amide bonds. The van der Waals surface area contributed by atoms with E-state index in [9.17, 15) is 14.9 Å². The highest BCUT2D eigenvalue weighted by molar-refractivity contribution is 7.20. The van der Waals surface area contributed by atoms with Crippen LogP contribution in [0.15, 0.2) is 42.5 Å².